The van der Waals surface area contributed by atoms with Crippen molar-refractivity contribution in [1.29, 1.82) is 0 Å². The minimum absolute atomic E-state index is 0.526. The van der Waals surface area contributed by atoms with Crippen LogP contribution in [0.15, 0.2) is 0 Å². The summed E-state index contributed by atoms with van der Waals surface area (Å²) >= 11 is 0. The summed E-state index contributed by atoms with van der Waals surface area (Å²) in [5, 5.41) is 0. The zero-order valence-corrected chi connectivity index (χ0v) is 8.76. The van der Waals surface area contributed by atoms with E-state index in [1.807, 2.05) is 0 Å². The molecule has 2 rings (SSSR count). The van der Waals surface area contributed by atoms with Gasteiger partial charge in [-0.25, -0.2) is 0 Å². The lowest BCUT2D eigenvalue weighted by Gasteiger charge is -2.31. The molecule has 0 spiro atoms. The largest absolute Gasteiger partial charge is 0.330 e. The normalized spacial score (nSPS) is 26.1. The first-order valence-corrected chi connectivity index (χ1v) is 5.63. The van der Waals surface area contributed by atoms with Crippen LogP contribution in [0.4, 0.5) is 0 Å². The molecule has 0 radical (unpaired) electrons. The average molecular weight is 182 g/mol. The van der Waals surface area contributed by atoms with Crippen LogP contribution in [0.5, 0.6) is 0 Å². The molecule has 0 aromatic heterocycles. The van der Waals surface area contributed by atoms with Crippen LogP contribution in [-0.2, 0) is 0 Å². The van der Waals surface area contributed by atoms with E-state index < -0.39 is 0 Å². The van der Waals surface area contributed by atoms with Crippen molar-refractivity contribution >= 4 is 0 Å². The molecule has 76 valence electrons. The average Bonchev–Trinajstić information content (AvgIpc) is 2.78. The van der Waals surface area contributed by atoms with Gasteiger partial charge < -0.3 is 10.6 Å². The van der Waals surface area contributed by atoms with E-state index in [1.54, 1.807) is 0 Å². The lowest BCUT2D eigenvalue weighted by Crippen LogP contribution is -2.36. The number of nitrogens with two attached hydrogens (primary N) is 1. The first kappa shape index (κ1) is 9.47. The van der Waals surface area contributed by atoms with Crippen molar-refractivity contribution in [3.63, 3.8) is 0 Å². The second kappa shape index (κ2) is 3.58. The predicted molar refractivity (Wildman–Crippen MR) is 55.6 cm³/mol. The molecular weight excluding hydrogens is 160 g/mol. The maximum atomic E-state index is 5.77. The van der Waals surface area contributed by atoms with Gasteiger partial charge in [0, 0.05) is 13.1 Å². The standard InChI is InChI=1S/C11H22N2/c1-13(7-10-3-2-4-10)9-11(8-12)5-6-11/h10H,2-9,12H2,1H3. The Bertz CT molecular complexity index is 171. The summed E-state index contributed by atoms with van der Waals surface area (Å²) in [6.07, 6.45) is 7.09. The summed E-state index contributed by atoms with van der Waals surface area (Å²) in [5.41, 5.74) is 6.29. The SMILES string of the molecule is CN(CC1CCC1)CC1(CN)CC1. The van der Waals surface area contributed by atoms with Crippen molar-refractivity contribution in [2.45, 2.75) is 32.1 Å². The fraction of sp³-hybridized carbons (Fsp3) is 1.00. The van der Waals surface area contributed by atoms with Crippen LogP contribution in [0.1, 0.15) is 32.1 Å². The van der Waals surface area contributed by atoms with Gasteiger partial charge >= 0.3 is 0 Å². The van der Waals surface area contributed by atoms with Crippen molar-refractivity contribution in [2.75, 3.05) is 26.7 Å². The fourth-order valence-corrected chi connectivity index (χ4v) is 2.36. The molecule has 13 heavy (non-hydrogen) atoms. The summed E-state index contributed by atoms with van der Waals surface area (Å²) in [5.74, 6) is 0.999. The number of nitrogens with zero attached hydrogens (tertiary/aromatic N) is 1. The van der Waals surface area contributed by atoms with Crippen molar-refractivity contribution in [2.24, 2.45) is 17.1 Å². The minimum Gasteiger partial charge on any atom is -0.330 e. The van der Waals surface area contributed by atoms with Gasteiger partial charge in [-0.15, -0.1) is 0 Å². The molecule has 2 saturated carbocycles. The molecule has 0 saturated heterocycles. The zero-order valence-electron chi connectivity index (χ0n) is 8.76. The van der Waals surface area contributed by atoms with Crippen molar-refractivity contribution in [1.82, 2.24) is 4.90 Å². The van der Waals surface area contributed by atoms with Gasteiger partial charge in [0.05, 0.1) is 0 Å². The first-order chi connectivity index (χ1) is 6.24. The van der Waals surface area contributed by atoms with E-state index in [1.165, 1.54) is 45.2 Å². The van der Waals surface area contributed by atoms with Crippen LogP contribution in [0.3, 0.4) is 0 Å². The van der Waals surface area contributed by atoms with Gasteiger partial charge in [-0.1, -0.05) is 6.42 Å². The molecule has 2 aliphatic carbocycles. The molecule has 0 amide bonds. The van der Waals surface area contributed by atoms with E-state index >= 15 is 0 Å². The van der Waals surface area contributed by atoms with Crippen LogP contribution in [0.2, 0.25) is 0 Å². The summed E-state index contributed by atoms with van der Waals surface area (Å²) < 4.78 is 0. The highest BCUT2D eigenvalue weighted by atomic mass is 15.1. The van der Waals surface area contributed by atoms with E-state index in [2.05, 4.69) is 11.9 Å². The maximum Gasteiger partial charge on any atom is 0.00471 e. The van der Waals surface area contributed by atoms with E-state index in [4.69, 9.17) is 5.73 Å². The summed E-state index contributed by atoms with van der Waals surface area (Å²) in [6.45, 7) is 3.43. The van der Waals surface area contributed by atoms with E-state index in [0.717, 1.165) is 12.5 Å². The highest BCUT2D eigenvalue weighted by molar-refractivity contribution is 4.96. The molecule has 0 aromatic carbocycles. The Morgan fingerprint density at radius 1 is 1.38 bits per heavy atom. The molecule has 0 bridgehead atoms. The van der Waals surface area contributed by atoms with E-state index in [9.17, 15) is 0 Å². The third kappa shape index (κ3) is 2.23. The van der Waals surface area contributed by atoms with Crippen molar-refractivity contribution < 1.29 is 0 Å². The summed E-state index contributed by atoms with van der Waals surface area (Å²) in [4.78, 5) is 2.50. The van der Waals surface area contributed by atoms with Gasteiger partial charge in [0.15, 0.2) is 0 Å². The van der Waals surface area contributed by atoms with Gasteiger partial charge in [0.25, 0.3) is 0 Å². The second-order valence-corrected chi connectivity index (χ2v) is 5.20. The predicted octanol–water partition coefficient (Wildman–Crippen LogP) is 1.46. The Morgan fingerprint density at radius 2 is 2.08 bits per heavy atom. The highest BCUT2D eigenvalue weighted by Crippen LogP contribution is 2.45. The second-order valence-electron chi connectivity index (χ2n) is 5.20. The van der Waals surface area contributed by atoms with Gasteiger partial charge in [0.2, 0.25) is 0 Å². The van der Waals surface area contributed by atoms with Crippen LogP contribution in [0, 0.1) is 11.3 Å². The van der Waals surface area contributed by atoms with Crippen LogP contribution in [-0.4, -0.2) is 31.6 Å². The molecule has 0 heterocycles. The first-order valence-electron chi connectivity index (χ1n) is 5.63. The number of rotatable bonds is 5. The van der Waals surface area contributed by atoms with Gasteiger partial charge in [0.1, 0.15) is 0 Å². The minimum atomic E-state index is 0.526. The summed E-state index contributed by atoms with van der Waals surface area (Å²) in [7, 11) is 2.26. The Balaban J connectivity index is 1.68. The van der Waals surface area contributed by atoms with Crippen LogP contribution >= 0.6 is 0 Å². The Kier molecular flexibility index (Phi) is 2.61. The van der Waals surface area contributed by atoms with Gasteiger partial charge in [-0.3, -0.25) is 0 Å². The van der Waals surface area contributed by atoms with E-state index in [0.29, 0.717) is 5.41 Å². The smallest absolute Gasteiger partial charge is 0.00471 e. The molecule has 2 nitrogen and oxygen atoms in total. The van der Waals surface area contributed by atoms with E-state index in [-0.39, 0.29) is 0 Å². The molecule has 2 fully saturated rings. The third-order valence-electron chi connectivity index (χ3n) is 3.79. The molecule has 0 aromatic rings. The monoisotopic (exact) mass is 182 g/mol. The molecular formula is C11H22N2. The lowest BCUT2D eigenvalue weighted by atomic mass is 9.85. The van der Waals surface area contributed by atoms with Crippen molar-refractivity contribution in [3.05, 3.63) is 0 Å². The molecule has 0 atom stereocenters. The van der Waals surface area contributed by atoms with Gasteiger partial charge in [-0.2, -0.15) is 0 Å². The van der Waals surface area contributed by atoms with Crippen molar-refractivity contribution in [3.8, 4) is 0 Å². The topological polar surface area (TPSA) is 29.3 Å². The Labute approximate surface area is 81.5 Å². The molecule has 2 aliphatic rings. The quantitative estimate of drug-likeness (QED) is 0.697. The van der Waals surface area contributed by atoms with Gasteiger partial charge in [-0.05, 0) is 50.6 Å². The fourth-order valence-electron chi connectivity index (χ4n) is 2.36. The molecule has 2 N–H and O–H groups in total. The Morgan fingerprint density at radius 3 is 2.46 bits per heavy atom. The van der Waals surface area contributed by atoms with Crippen LogP contribution in [0.25, 0.3) is 0 Å². The molecule has 2 heteroatoms. The zero-order chi connectivity index (χ0) is 9.31. The molecule has 0 aliphatic heterocycles. The number of hydrogen-bond acceptors (Lipinski definition) is 2. The third-order valence-corrected chi connectivity index (χ3v) is 3.79. The lowest BCUT2D eigenvalue weighted by molar-refractivity contribution is 0.180. The molecule has 0 unspecified atom stereocenters. The highest BCUT2D eigenvalue weighted by Gasteiger charge is 2.42. The maximum absolute atomic E-state index is 5.77. The van der Waals surface area contributed by atoms with Crippen LogP contribution < -0.4 is 5.73 Å². The Hall–Kier alpha value is -0.0800. The number of hydrogen-bond donors (Lipinski definition) is 1. The summed E-state index contributed by atoms with van der Waals surface area (Å²) in [6, 6.07) is 0.